The number of halogens is 2. The Kier molecular flexibility index (Phi) is 5.23. The second-order valence-electron chi connectivity index (χ2n) is 2.88. The van der Waals surface area contributed by atoms with E-state index in [-0.39, 0.29) is 5.91 Å². The lowest BCUT2D eigenvalue weighted by molar-refractivity contribution is -0.124. The molecule has 1 rings (SSSR count). The van der Waals surface area contributed by atoms with Crippen molar-refractivity contribution in [1.82, 2.24) is 10.2 Å². The summed E-state index contributed by atoms with van der Waals surface area (Å²) in [7, 11) is 1.81. The molecule has 70 valence electrons. The van der Waals surface area contributed by atoms with Crippen LogP contribution in [-0.4, -0.2) is 28.5 Å². The fraction of sp³-hybridized carbons (Fsp3) is 0.667. The predicted octanol–water partition coefficient (Wildman–Crippen LogP) is 1.88. The molecule has 1 N–H and O–H groups in total. The van der Waals surface area contributed by atoms with Crippen molar-refractivity contribution in [1.29, 1.82) is 0 Å². The fourth-order valence-electron chi connectivity index (χ4n) is 0.740. The molecule has 0 spiro atoms. The van der Waals surface area contributed by atoms with Crippen LogP contribution in [0.15, 0.2) is 0 Å². The van der Waals surface area contributed by atoms with E-state index in [1.807, 2.05) is 13.8 Å². The summed E-state index contributed by atoms with van der Waals surface area (Å²) < 4.78 is 0. The quantitative estimate of drug-likeness (QED) is 0.488. The third-order valence-corrected chi connectivity index (χ3v) is 2.30. The highest BCUT2D eigenvalue weighted by Crippen LogP contribution is 2.17. The van der Waals surface area contributed by atoms with E-state index in [0.29, 0.717) is 5.11 Å². The highest BCUT2D eigenvalue weighted by atomic mass is 128. The lowest BCUT2D eigenvalue weighted by Gasteiger charge is -2.24. The molecule has 0 bridgehead atoms. The summed E-state index contributed by atoms with van der Waals surface area (Å²) in [5.74, 6) is -0.0278. The van der Waals surface area contributed by atoms with E-state index in [4.69, 9.17) is 12.2 Å². The average molecular weight is 412 g/mol. The molecule has 0 aromatic rings. The Labute approximate surface area is 101 Å². The van der Waals surface area contributed by atoms with Crippen LogP contribution in [0.25, 0.3) is 0 Å². The van der Waals surface area contributed by atoms with E-state index in [1.54, 1.807) is 11.9 Å². The van der Waals surface area contributed by atoms with Crippen molar-refractivity contribution in [3.05, 3.63) is 0 Å². The van der Waals surface area contributed by atoms with E-state index in [9.17, 15) is 4.79 Å². The van der Waals surface area contributed by atoms with Crippen molar-refractivity contribution in [2.24, 2.45) is 0 Å². The Morgan fingerprint density at radius 1 is 1.50 bits per heavy atom. The molecule has 0 aromatic heterocycles. The molecule has 1 amide bonds. The highest BCUT2D eigenvalue weighted by molar-refractivity contribution is 15.0. The van der Waals surface area contributed by atoms with Crippen molar-refractivity contribution in [2.75, 3.05) is 7.05 Å². The van der Waals surface area contributed by atoms with E-state index < -0.39 is 5.54 Å². The van der Waals surface area contributed by atoms with Crippen LogP contribution < -0.4 is 5.32 Å². The Bertz CT molecular complexity index is 208. The molecule has 1 aliphatic heterocycles. The molecule has 1 aliphatic rings. The molecule has 6 heteroatoms. The van der Waals surface area contributed by atoms with Crippen molar-refractivity contribution < 1.29 is 4.79 Å². The van der Waals surface area contributed by atoms with Gasteiger partial charge in [-0.2, -0.15) is 0 Å². The minimum Gasteiger partial charge on any atom is -0.338 e. The third-order valence-electron chi connectivity index (χ3n) is 1.92. The Morgan fingerprint density at radius 2 is 1.92 bits per heavy atom. The second kappa shape index (κ2) is 4.89. The molecule has 0 radical (unpaired) electrons. The molecule has 1 fully saturated rings. The van der Waals surface area contributed by atoms with Gasteiger partial charge >= 0.3 is 0 Å². The molecular formula is C6H10I2N2OS. The summed E-state index contributed by atoms with van der Waals surface area (Å²) in [6.07, 6.45) is 0. The van der Waals surface area contributed by atoms with Crippen LogP contribution in [0.4, 0.5) is 0 Å². The summed E-state index contributed by atoms with van der Waals surface area (Å²) in [4.78, 5) is 12.8. The number of likely N-dealkylation sites (N-methyl/N-ethyl adjacent to an activating group) is 1. The van der Waals surface area contributed by atoms with Gasteiger partial charge in [0, 0.05) is 44.3 Å². The van der Waals surface area contributed by atoms with Gasteiger partial charge in [-0.1, -0.05) is 0 Å². The van der Waals surface area contributed by atoms with Gasteiger partial charge < -0.3 is 10.2 Å². The van der Waals surface area contributed by atoms with Gasteiger partial charge in [-0.25, -0.2) is 0 Å². The summed E-state index contributed by atoms with van der Waals surface area (Å²) in [6.45, 7) is 3.67. The maximum atomic E-state index is 11.1. The van der Waals surface area contributed by atoms with E-state index in [0.717, 1.165) is 0 Å². The van der Waals surface area contributed by atoms with Gasteiger partial charge in [0.2, 0.25) is 0 Å². The maximum absolute atomic E-state index is 11.1. The monoisotopic (exact) mass is 412 g/mol. The second-order valence-corrected chi connectivity index (χ2v) is 3.26. The SMILES string of the molecule is CN1C(=S)NC(=O)C1(C)C.II. The van der Waals surface area contributed by atoms with Crippen LogP contribution in [0.2, 0.25) is 0 Å². The Hall–Kier alpha value is 0.820. The molecule has 0 unspecified atom stereocenters. The summed E-state index contributed by atoms with van der Waals surface area (Å²) in [5.41, 5.74) is -0.475. The molecule has 0 saturated carbocycles. The molecule has 12 heavy (non-hydrogen) atoms. The number of nitrogens with one attached hydrogen (secondary N) is 1. The average Bonchev–Trinajstić information content (AvgIpc) is 2.20. The first-order valence-electron chi connectivity index (χ1n) is 3.20. The molecule has 0 aromatic carbocycles. The lowest BCUT2D eigenvalue weighted by atomic mass is 10.1. The molecular weight excluding hydrogens is 402 g/mol. The Balaban J connectivity index is 0.000000561. The van der Waals surface area contributed by atoms with Gasteiger partial charge in [0.05, 0.1) is 0 Å². The normalized spacial score (nSPS) is 19.9. The van der Waals surface area contributed by atoms with Crippen molar-refractivity contribution in [2.45, 2.75) is 19.4 Å². The summed E-state index contributed by atoms with van der Waals surface area (Å²) >= 11 is 9.10. The van der Waals surface area contributed by atoms with Gasteiger partial charge in [0.1, 0.15) is 5.54 Å². The number of hydrogen-bond donors (Lipinski definition) is 1. The standard InChI is InChI=1S/C6H10N2OS.I2/c1-6(2)4(9)7-5(10)8(6)3;1-2/h1-3H3,(H,7,9,10);. The number of carbonyl (C=O) groups is 1. The smallest absolute Gasteiger partial charge is 0.251 e. The molecule has 1 heterocycles. The van der Waals surface area contributed by atoms with Crippen LogP contribution in [0.3, 0.4) is 0 Å². The minimum atomic E-state index is -0.475. The van der Waals surface area contributed by atoms with Crippen LogP contribution >= 0.6 is 49.4 Å². The minimum absolute atomic E-state index is 0.0278. The van der Waals surface area contributed by atoms with Crippen LogP contribution in [0, 0.1) is 0 Å². The molecule has 0 aliphatic carbocycles. The zero-order chi connectivity index (χ0) is 9.94. The Morgan fingerprint density at radius 3 is 2.00 bits per heavy atom. The van der Waals surface area contributed by atoms with Gasteiger partial charge in [0.15, 0.2) is 5.11 Å². The number of carbonyl (C=O) groups excluding carboxylic acids is 1. The fourth-order valence-corrected chi connectivity index (χ4v) is 1.06. The topological polar surface area (TPSA) is 32.3 Å². The van der Waals surface area contributed by atoms with E-state index >= 15 is 0 Å². The van der Waals surface area contributed by atoms with Crippen molar-refractivity contribution >= 4 is 60.5 Å². The third kappa shape index (κ3) is 2.41. The molecule has 3 nitrogen and oxygen atoms in total. The lowest BCUT2D eigenvalue weighted by Crippen LogP contribution is -2.41. The van der Waals surface area contributed by atoms with Gasteiger partial charge in [-0.05, 0) is 26.1 Å². The van der Waals surface area contributed by atoms with Gasteiger partial charge in [-0.15, -0.1) is 0 Å². The van der Waals surface area contributed by atoms with Gasteiger partial charge in [0.25, 0.3) is 5.91 Å². The largest absolute Gasteiger partial charge is 0.338 e. The van der Waals surface area contributed by atoms with Crippen LogP contribution in [0.5, 0.6) is 0 Å². The van der Waals surface area contributed by atoms with Gasteiger partial charge in [-0.3, -0.25) is 4.79 Å². The number of amides is 1. The van der Waals surface area contributed by atoms with E-state index in [2.05, 4.69) is 42.5 Å². The zero-order valence-electron chi connectivity index (χ0n) is 7.02. The first-order valence-corrected chi connectivity index (χ1v) is 9.89. The summed E-state index contributed by atoms with van der Waals surface area (Å²) in [5, 5.41) is 3.08. The van der Waals surface area contributed by atoms with Crippen molar-refractivity contribution in [3.8, 4) is 0 Å². The zero-order valence-corrected chi connectivity index (χ0v) is 12.2. The van der Waals surface area contributed by atoms with Crippen LogP contribution in [-0.2, 0) is 4.79 Å². The predicted molar refractivity (Wildman–Crippen MR) is 70.6 cm³/mol. The summed E-state index contributed by atoms with van der Waals surface area (Å²) in [6, 6.07) is 0. The number of nitrogens with zero attached hydrogens (tertiary/aromatic N) is 1. The highest BCUT2D eigenvalue weighted by Gasteiger charge is 2.40. The first kappa shape index (κ1) is 12.8. The van der Waals surface area contributed by atoms with Crippen LogP contribution in [0.1, 0.15) is 13.8 Å². The van der Waals surface area contributed by atoms with E-state index in [1.165, 1.54) is 0 Å². The first-order chi connectivity index (χ1) is 5.46. The van der Waals surface area contributed by atoms with Crippen molar-refractivity contribution in [3.63, 3.8) is 0 Å². The molecule has 0 atom stereocenters. The molecule has 1 saturated heterocycles. The maximum Gasteiger partial charge on any atom is 0.251 e. The number of thiocarbonyl (C=S) groups is 1. The number of rotatable bonds is 0. The number of hydrogen-bond acceptors (Lipinski definition) is 2.